The highest BCUT2D eigenvalue weighted by molar-refractivity contribution is 14.0. The molecule has 6 nitrogen and oxygen atoms in total. The van der Waals surface area contributed by atoms with E-state index in [9.17, 15) is 4.79 Å². The summed E-state index contributed by atoms with van der Waals surface area (Å²) in [6.07, 6.45) is 4.05. The summed E-state index contributed by atoms with van der Waals surface area (Å²) in [6.45, 7) is 12.1. The molecule has 1 amide bonds. The van der Waals surface area contributed by atoms with Gasteiger partial charge in [0.15, 0.2) is 5.96 Å². The maximum atomic E-state index is 12.3. The van der Waals surface area contributed by atoms with Crippen LogP contribution >= 0.6 is 35.7 Å². The summed E-state index contributed by atoms with van der Waals surface area (Å²) < 4.78 is 5.51. The van der Waals surface area contributed by atoms with Crippen LogP contribution in [-0.2, 0) is 4.74 Å². The molecule has 1 fully saturated rings. The van der Waals surface area contributed by atoms with Gasteiger partial charge >= 0.3 is 6.09 Å². The number of likely N-dealkylation sites (tertiary alicyclic amines) is 1. The summed E-state index contributed by atoms with van der Waals surface area (Å²) in [5.74, 6) is 2.59. The van der Waals surface area contributed by atoms with E-state index >= 15 is 0 Å². The smallest absolute Gasteiger partial charge is 0.410 e. The number of halogens is 1. The average molecular weight is 500 g/mol. The third-order valence-electron chi connectivity index (χ3n) is 4.23. The van der Waals surface area contributed by atoms with Crippen molar-refractivity contribution in [2.24, 2.45) is 10.9 Å². The first-order valence-corrected chi connectivity index (χ1v) is 10.6. The molecule has 8 heteroatoms. The van der Waals surface area contributed by atoms with Crippen LogP contribution in [0.3, 0.4) is 0 Å². The van der Waals surface area contributed by atoms with E-state index in [-0.39, 0.29) is 30.1 Å². The number of hydrogen-bond donors (Lipinski definition) is 1. The van der Waals surface area contributed by atoms with E-state index in [0.717, 1.165) is 50.7 Å². The maximum Gasteiger partial charge on any atom is 0.410 e. The molecule has 0 atom stereocenters. The zero-order valence-electron chi connectivity index (χ0n) is 17.2. The zero-order valence-corrected chi connectivity index (χ0v) is 20.4. The van der Waals surface area contributed by atoms with Gasteiger partial charge in [0, 0.05) is 45.5 Å². The number of nitrogens with zero attached hydrogens (tertiary/aromatic N) is 3. The van der Waals surface area contributed by atoms with Crippen molar-refractivity contribution in [2.75, 3.05) is 51.8 Å². The number of nitrogens with one attached hydrogen (secondary N) is 1. The number of piperidine rings is 1. The van der Waals surface area contributed by atoms with Crippen molar-refractivity contribution < 1.29 is 9.53 Å². The minimum atomic E-state index is -0.442. The van der Waals surface area contributed by atoms with Gasteiger partial charge in [-0.05, 0) is 52.7 Å². The largest absolute Gasteiger partial charge is 0.444 e. The number of aliphatic imine (C=N–C) groups is 1. The Labute approximate surface area is 180 Å². The Morgan fingerprint density at radius 1 is 1.35 bits per heavy atom. The van der Waals surface area contributed by atoms with Crippen LogP contribution in [0.25, 0.3) is 0 Å². The van der Waals surface area contributed by atoms with Gasteiger partial charge in [0.1, 0.15) is 5.60 Å². The van der Waals surface area contributed by atoms with Crippen LogP contribution in [0, 0.1) is 5.92 Å². The summed E-state index contributed by atoms with van der Waals surface area (Å²) >= 11 is 1.83. The Morgan fingerprint density at radius 2 is 1.96 bits per heavy atom. The van der Waals surface area contributed by atoms with Gasteiger partial charge < -0.3 is 19.9 Å². The first-order chi connectivity index (χ1) is 11.8. The van der Waals surface area contributed by atoms with E-state index in [1.807, 2.05) is 51.4 Å². The fourth-order valence-electron chi connectivity index (χ4n) is 2.90. The molecule has 0 aromatic rings. The summed E-state index contributed by atoms with van der Waals surface area (Å²) in [7, 11) is 1.84. The van der Waals surface area contributed by atoms with Crippen molar-refractivity contribution >= 4 is 47.8 Å². The summed E-state index contributed by atoms with van der Waals surface area (Å²) in [4.78, 5) is 20.8. The van der Waals surface area contributed by atoms with Crippen molar-refractivity contribution in [2.45, 2.75) is 46.1 Å². The number of amides is 1. The number of hydrogen-bond acceptors (Lipinski definition) is 4. The predicted molar refractivity (Wildman–Crippen MR) is 123 cm³/mol. The van der Waals surface area contributed by atoms with Crippen LogP contribution < -0.4 is 5.32 Å². The molecule has 0 bridgehead atoms. The second kappa shape index (κ2) is 12.9. The van der Waals surface area contributed by atoms with Crippen LogP contribution in [-0.4, -0.2) is 79.2 Å². The molecule has 1 N–H and O–H groups in total. The lowest BCUT2D eigenvalue weighted by molar-refractivity contribution is 0.0214. The molecule has 154 valence electrons. The number of carbonyl (C=O) groups excluding carboxylic acids is 1. The maximum absolute atomic E-state index is 12.3. The zero-order chi connectivity index (χ0) is 18.9. The monoisotopic (exact) mass is 500 g/mol. The highest BCUT2D eigenvalue weighted by Gasteiger charge is 2.26. The van der Waals surface area contributed by atoms with E-state index in [1.54, 1.807) is 0 Å². The molecule has 0 aliphatic carbocycles. The molecule has 0 saturated carbocycles. The molecule has 1 rings (SSSR count). The quantitative estimate of drug-likeness (QED) is 0.262. The van der Waals surface area contributed by atoms with Gasteiger partial charge in [0.25, 0.3) is 0 Å². The number of carbonyl (C=O) groups is 1. The van der Waals surface area contributed by atoms with Crippen molar-refractivity contribution in [1.82, 2.24) is 15.1 Å². The average Bonchev–Trinajstić information content (AvgIpc) is 2.56. The Morgan fingerprint density at radius 3 is 2.42 bits per heavy atom. The van der Waals surface area contributed by atoms with Gasteiger partial charge in [-0.1, -0.05) is 0 Å². The summed E-state index contributed by atoms with van der Waals surface area (Å²) in [6, 6.07) is 0. The Bertz CT molecular complexity index is 435. The molecule has 0 aromatic carbocycles. The van der Waals surface area contributed by atoms with E-state index in [1.165, 1.54) is 0 Å². The van der Waals surface area contributed by atoms with E-state index in [0.29, 0.717) is 12.5 Å². The molecule has 1 saturated heterocycles. The van der Waals surface area contributed by atoms with Crippen molar-refractivity contribution in [3.05, 3.63) is 0 Å². The summed E-state index contributed by atoms with van der Waals surface area (Å²) in [5.41, 5.74) is -0.442. The lowest BCUT2D eigenvalue weighted by Gasteiger charge is -2.36. The van der Waals surface area contributed by atoms with Crippen LogP contribution in [0.1, 0.15) is 40.5 Å². The predicted octanol–water partition coefficient (Wildman–Crippen LogP) is 3.51. The third kappa shape index (κ3) is 9.53. The summed E-state index contributed by atoms with van der Waals surface area (Å²) in [5, 5.41) is 3.42. The van der Waals surface area contributed by atoms with Crippen molar-refractivity contribution in [1.29, 1.82) is 0 Å². The molecule has 0 aromatic heterocycles. The van der Waals surface area contributed by atoms with E-state index in [4.69, 9.17) is 4.74 Å². The van der Waals surface area contributed by atoms with Gasteiger partial charge in [-0.25, -0.2) is 4.79 Å². The Balaban J connectivity index is 0.00000625. The molecular formula is C18H37IN4O2S. The fraction of sp³-hybridized carbons (Fsp3) is 0.889. The Hall–Kier alpha value is -0.380. The van der Waals surface area contributed by atoms with Crippen molar-refractivity contribution in [3.63, 3.8) is 0 Å². The van der Waals surface area contributed by atoms with Gasteiger partial charge in [0.2, 0.25) is 0 Å². The second-order valence-electron chi connectivity index (χ2n) is 7.42. The molecule has 26 heavy (non-hydrogen) atoms. The normalized spacial score (nSPS) is 16.1. The van der Waals surface area contributed by atoms with Gasteiger partial charge in [-0.3, -0.25) is 4.99 Å². The van der Waals surface area contributed by atoms with Crippen LogP contribution in [0.15, 0.2) is 4.99 Å². The van der Waals surface area contributed by atoms with E-state index in [2.05, 4.69) is 21.5 Å². The third-order valence-corrected chi connectivity index (χ3v) is 4.84. The lowest BCUT2D eigenvalue weighted by atomic mass is 9.96. The standard InChI is InChI=1S/C18H36N4O2S.HI/c1-7-21(17(23)24-18(2,3)4)14-15-8-11-22(12-9-15)16(19-5)20-10-13-25-6;/h15H,7-14H2,1-6H3,(H,19,20);1H. The molecule has 1 heterocycles. The highest BCUT2D eigenvalue weighted by atomic mass is 127. The molecule has 0 unspecified atom stereocenters. The highest BCUT2D eigenvalue weighted by Crippen LogP contribution is 2.20. The van der Waals surface area contributed by atoms with Crippen LogP contribution in [0.5, 0.6) is 0 Å². The van der Waals surface area contributed by atoms with Crippen LogP contribution in [0.2, 0.25) is 0 Å². The fourth-order valence-corrected chi connectivity index (χ4v) is 3.20. The minimum absolute atomic E-state index is 0. The Kier molecular flexibility index (Phi) is 12.7. The minimum Gasteiger partial charge on any atom is -0.444 e. The number of rotatable bonds is 6. The molecule has 1 aliphatic rings. The molecule has 0 spiro atoms. The molecular weight excluding hydrogens is 463 g/mol. The van der Waals surface area contributed by atoms with Crippen LogP contribution in [0.4, 0.5) is 4.79 Å². The topological polar surface area (TPSA) is 57.2 Å². The number of thioether (sulfide) groups is 1. The second-order valence-corrected chi connectivity index (χ2v) is 8.40. The number of guanidine groups is 1. The molecule has 0 radical (unpaired) electrons. The first-order valence-electron chi connectivity index (χ1n) is 9.23. The van der Waals surface area contributed by atoms with Gasteiger partial charge in [0.05, 0.1) is 0 Å². The van der Waals surface area contributed by atoms with Gasteiger partial charge in [-0.15, -0.1) is 24.0 Å². The number of ether oxygens (including phenoxy) is 1. The SMILES string of the molecule is CCN(CC1CCN(C(=NC)NCCSC)CC1)C(=O)OC(C)(C)C.I. The van der Waals surface area contributed by atoms with E-state index < -0.39 is 5.60 Å². The van der Waals surface area contributed by atoms with Crippen molar-refractivity contribution in [3.8, 4) is 0 Å². The van der Waals surface area contributed by atoms with Gasteiger partial charge in [-0.2, -0.15) is 11.8 Å². The lowest BCUT2D eigenvalue weighted by Crippen LogP contribution is -2.48. The first kappa shape index (κ1) is 25.6. The molecule has 1 aliphatic heterocycles.